The molecule has 0 atom stereocenters. The number of aromatic hydroxyl groups is 1. The number of amides is 1. The molecule has 1 amide bonds. The van der Waals surface area contributed by atoms with Gasteiger partial charge in [0.1, 0.15) is 23.0 Å². The van der Waals surface area contributed by atoms with Crippen molar-refractivity contribution in [1.82, 2.24) is 5.43 Å². The van der Waals surface area contributed by atoms with Crippen LogP contribution in [0.15, 0.2) is 53.6 Å². The smallest absolute Gasteiger partial charge is 0.275 e. The monoisotopic (exact) mass is 380 g/mol. The summed E-state index contributed by atoms with van der Waals surface area (Å²) < 4.78 is 15.9. The van der Waals surface area contributed by atoms with Crippen LogP contribution in [0.5, 0.6) is 23.0 Å². The number of phenolic OH excluding ortho intramolecular Hbond substituents is 1. The Morgan fingerprint density at radius 3 is 2.14 bits per heavy atom. The SMILES string of the molecule is COc1cc(OC)c(/C=N\NC(=O)c2cc3ccccc3cc2O)c(OC)c1. The molecular formula is C21H20N2O5. The van der Waals surface area contributed by atoms with Crippen molar-refractivity contribution in [2.24, 2.45) is 5.10 Å². The lowest BCUT2D eigenvalue weighted by Gasteiger charge is -2.12. The Bertz CT molecular complexity index is 1020. The van der Waals surface area contributed by atoms with Crippen molar-refractivity contribution in [3.05, 3.63) is 59.7 Å². The van der Waals surface area contributed by atoms with Crippen molar-refractivity contribution in [1.29, 1.82) is 0 Å². The molecule has 0 aliphatic rings. The molecule has 0 radical (unpaired) electrons. The van der Waals surface area contributed by atoms with Crippen LogP contribution in [0.25, 0.3) is 10.8 Å². The maximum absolute atomic E-state index is 12.4. The molecule has 3 aromatic carbocycles. The van der Waals surface area contributed by atoms with Crippen LogP contribution in [0, 0.1) is 0 Å². The van der Waals surface area contributed by atoms with Gasteiger partial charge in [0.05, 0.1) is 38.7 Å². The number of hydrogen-bond donors (Lipinski definition) is 2. The molecule has 0 saturated carbocycles. The molecule has 0 aliphatic carbocycles. The van der Waals surface area contributed by atoms with Gasteiger partial charge in [-0.25, -0.2) is 5.43 Å². The van der Waals surface area contributed by atoms with E-state index >= 15 is 0 Å². The zero-order chi connectivity index (χ0) is 20.1. The number of nitrogens with zero attached hydrogens (tertiary/aromatic N) is 1. The van der Waals surface area contributed by atoms with Crippen LogP contribution in [-0.4, -0.2) is 38.6 Å². The molecule has 28 heavy (non-hydrogen) atoms. The third-order valence-corrected chi connectivity index (χ3v) is 4.22. The van der Waals surface area contributed by atoms with Gasteiger partial charge in [0, 0.05) is 12.1 Å². The molecule has 0 aliphatic heterocycles. The number of carbonyl (C=O) groups excluding carboxylic acids is 1. The molecule has 7 nitrogen and oxygen atoms in total. The molecule has 3 aromatic rings. The first-order valence-corrected chi connectivity index (χ1v) is 8.42. The number of carbonyl (C=O) groups is 1. The summed E-state index contributed by atoms with van der Waals surface area (Å²) in [6.07, 6.45) is 1.41. The second kappa shape index (κ2) is 8.30. The predicted molar refractivity (Wildman–Crippen MR) is 107 cm³/mol. The van der Waals surface area contributed by atoms with E-state index in [1.165, 1.54) is 27.5 Å². The maximum atomic E-state index is 12.4. The van der Waals surface area contributed by atoms with Crippen molar-refractivity contribution in [3.8, 4) is 23.0 Å². The van der Waals surface area contributed by atoms with E-state index in [4.69, 9.17) is 14.2 Å². The fourth-order valence-corrected chi connectivity index (χ4v) is 2.79. The highest BCUT2D eigenvalue weighted by Crippen LogP contribution is 2.32. The molecule has 144 valence electrons. The lowest BCUT2D eigenvalue weighted by Crippen LogP contribution is -2.18. The topological polar surface area (TPSA) is 89.4 Å². The summed E-state index contributed by atoms with van der Waals surface area (Å²) in [6, 6.07) is 14.0. The number of hydrogen-bond acceptors (Lipinski definition) is 6. The number of ether oxygens (including phenoxy) is 3. The summed E-state index contributed by atoms with van der Waals surface area (Å²) in [6.45, 7) is 0. The number of hydrazone groups is 1. The number of methoxy groups -OCH3 is 3. The van der Waals surface area contributed by atoms with Gasteiger partial charge in [-0.2, -0.15) is 5.10 Å². The summed E-state index contributed by atoms with van der Waals surface area (Å²) in [7, 11) is 4.56. The van der Waals surface area contributed by atoms with Gasteiger partial charge in [-0.05, 0) is 22.9 Å². The second-order valence-corrected chi connectivity index (χ2v) is 5.86. The van der Waals surface area contributed by atoms with E-state index in [-0.39, 0.29) is 11.3 Å². The predicted octanol–water partition coefficient (Wildman–Crippen LogP) is 3.34. The molecule has 0 unspecified atom stereocenters. The zero-order valence-electron chi connectivity index (χ0n) is 15.7. The van der Waals surface area contributed by atoms with Crippen molar-refractivity contribution < 1.29 is 24.1 Å². The first-order chi connectivity index (χ1) is 13.6. The van der Waals surface area contributed by atoms with E-state index in [0.717, 1.165) is 10.8 Å². The van der Waals surface area contributed by atoms with E-state index in [0.29, 0.717) is 22.8 Å². The van der Waals surface area contributed by atoms with Crippen LogP contribution < -0.4 is 19.6 Å². The molecule has 3 rings (SSSR count). The van der Waals surface area contributed by atoms with E-state index in [9.17, 15) is 9.90 Å². The minimum atomic E-state index is -0.536. The van der Waals surface area contributed by atoms with Crippen molar-refractivity contribution in [2.45, 2.75) is 0 Å². The summed E-state index contributed by atoms with van der Waals surface area (Å²) in [5.74, 6) is 0.860. The van der Waals surface area contributed by atoms with Crippen molar-refractivity contribution in [3.63, 3.8) is 0 Å². The number of nitrogens with one attached hydrogen (secondary N) is 1. The first-order valence-electron chi connectivity index (χ1n) is 8.42. The van der Waals surface area contributed by atoms with Gasteiger partial charge in [0.2, 0.25) is 0 Å². The van der Waals surface area contributed by atoms with Gasteiger partial charge in [0.15, 0.2) is 0 Å². The molecule has 0 saturated heterocycles. The number of fused-ring (bicyclic) bond motifs is 1. The molecule has 0 fully saturated rings. The second-order valence-electron chi connectivity index (χ2n) is 5.86. The van der Waals surface area contributed by atoms with Gasteiger partial charge in [-0.15, -0.1) is 0 Å². The van der Waals surface area contributed by atoms with Crippen LogP contribution in [0.2, 0.25) is 0 Å². The van der Waals surface area contributed by atoms with Gasteiger partial charge >= 0.3 is 0 Å². The first kappa shape index (κ1) is 19.0. The third kappa shape index (κ3) is 3.83. The highest BCUT2D eigenvalue weighted by atomic mass is 16.5. The molecule has 0 bridgehead atoms. The Morgan fingerprint density at radius 1 is 0.964 bits per heavy atom. The minimum Gasteiger partial charge on any atom is -0.507 e. The van der Waals surface area contributed by atoms with Crippen molar-refractivity contribution >= 4 is 22.9 Å². The van der Waals surface area contributed by atoms with Gasteiger partial charge in [-0.1, -0.05) is 24.3 Å². The molecule has 0 heterocycles. The van der Waals surface area contributed by atoms with Gasteiger partial charge < -0.3 is 19.3 Å². The Labute approximate surface area is 162 Å². The normalized spacial score (nSPS) is 10.8. The minimum absolute atomic E-state index is 0.119. The highest BCUT2D eigenvalue weighted by molar-refractivity contribution is 6.02. The van der Waals surface area contributed by atoms with E-state index in [1.807, 2.05) is 24.3 Å². The lowest BCUT2D eigenvalue weighted by molar-refractivity contribution is 0.0952. The largest absolute Gasteiger partial charge is 0.507 e. The van der Waals surface area contributed by atoms with E-state index < -0.39 is 5.91 Å². The number of benzene rings is 3. The van der Waals surface area contributed by atoms with Crippen LogP contribution in [0.1, 0.15) is 15.9 Å². The Kier molecular flexibility index (Phi) is 5.64. The molecule has 0 aromatic heterocycles. The van der Waals surface area contributed by atoms with Crippen LogP contribution in [0.3, 0.4) is 0 Å². The Hall–Kier alpha value is -3.74. The Balaban J connectivity index is 1.85. The molecule has 7 heteroatoms. The standard InChI is InChI=1S/C21H20N2O5/c1-26-15-10-19(27-2)17(20(11-15)28-3)12-22-23-21(25)16-8-13-6-4-5-7-14(13)9-18(16)24/h4-12,24H,1-3H3,(H,23,25)/b22-12-. The van der Waals surface area contributed by atoms with E-state index in [1.54, 1.807) is 24.3 Å². The van der Waals surface area contributed by atoms with E-state index in [2.05, 4.69) is 10.5 Å². The molecular weight excluding hydrogens is 360 g/mol. The van der Waals surface area contributed by atoms with Crippen LogP contribution in [-0.2, 0) is 0 Å². The van der Waals surface area contributed by atoms with Gasteiger partial charge in [-0.3, -0.25) is 4.79 Å². The highest BCUT2D eigenvalue weighted by Gasteiger charge is 2.14. The van der Waals surface area contributed by atoms with Crippen molar-refractivity contribution in [2.75, 3.05) is 21.3 Å². The summed E-state index contributed by atoms with van der Waals surface area (Å²) >= 11 is 0. The van der Waals surface area contributed by atoms with Crippen LogP contribution in [0.4, 0.5) is 0 Å². The number of rotatable bonds is 6. The zero-order valence-corrected chi connectivity index (χ0v) is 15.7. The maximum Gasteiger partial charge on any atom is 0.275 e. The third-order valence-electron chi connectivity index (χ3n) is 4.22. The quantitative estimate of drug-likeness (QED) is 0.506. The fourth-order valence-electron chi connectivity index (χ4n) is 2.79. The summed E-state index contributed by atoms with van der Waals surface area (Å²) in [5.41, 5.74) is 3.08. The van der Waals surface area contributed by atoms with Crippen LogP contribution >= 0.6 is 0 Å². The fraction of sp³-hybridized carbons (Fsp3) is 0.143. The average molecular weight is 380 g/mol. The summed E-state index contributed by atoms with van der Waals surface area (Å²) in [4.78, 5) is 12.4. The average Bonchev–Trinajstić information content (AvgIpc) is 2.72. The lowest BCUT2D eigenvalue weighted by atomic mass is 10.1. The summed E-state index contributed by atoms with van der Waals surface area (Å²) in [5, 5.41) is 15.8. The Morgan fingerprint density at radius 2 is 1.57 bits per heavy atom. The molecule has 2 N–H and O–H groups in total. The number of phenols is 1. The van der Waals surface area contributed by atoms with Gasteiger partial charge in [0.25, 0.3) is 5.91 Å². The molecule has 0 spiro atoms.